The third-order valence-electron chi connectivity index (χ3n) is 4.30. The number of hydrogen-bond acceptors (Lipinski definition) is 7. The lowest BCUT2D eigenvalue weighted by Gasteiger charge is -2.18. The standard InChI is InChI=1S/C21H21N3O4S/c1-14-4-7-16(8-5-14)29-12-2-3-19(25)22-21-24-23-20(28-21)15-6-9-17-18(13-15)27-11-10-26-17/h4-9,13H,2-3,10-12H2,1H3,(H,22,24,25). The van der Waals surface area contributed by atoms with Crippen molar-refractivity contribution in [3.05, 3.63) is 48.0 Å². The first-order valence-electron chi connectivity index (χ1n) is 9.40. The predicted molar refractivity (Wildman–Crippen MR) is 110 cm³/mol. The molecule has 8 heteroatoms. The number of nitrogens with zero attached hydrogens (tertiary/aromatic N) is 2. The minimum absolute atomic E-state index is 0.0890. The van der Waals surface area contributed by atoms with Crippen molar-refractivity contribution in [2.75, 3.05) is 24.3 Å². The number of aromatic nitrogens is 2. The molecule has 1 aromatic heterocycles. The van der Waals surface area contributed by atoms with E-state index in [1.807, 2.05) is 6.07 Å². The summed E-state index contributed by atoms with van der Waals surface area (Å²) in [6, 6.07) is 13.9. The van der Waals surface area contributed by atoms with Crippen LogP contribution < -0.4 is 14.8 Å². The fraction of sp³-hybridized carbons (Fsp3) is 0.286. The maximum atomic E-state index is 12.1. The van der Waals surface area contributed by atoms with Gasteiger partial charge in [0.15, 0.2) is 11.5 Å². The van der Waals surface area contributed by atoms with E-state index in [9.17, 15) is 4.79 Å². The molecular formula is C21H21N3O4S. The zero-order chi connectivity index (χ0) is 20.1. The molecule has 1 N–H and O–H groups in total. The number of hydrogen-bond donors (Lipinski definition) is 1. The molecule has 0 aliphatic carbocycles. The van der Waals surface area contributed by atoms with Gasteiger partial charge >= 0.3 is 6.01 Å². The lowest BCUT2D eigenvalue weighted by molar-refractivity contribution is -0.116. The van der Waals surface area contributed by atoms with E-state index in [-0.39, 0.29) is 11.9 Å². The van der Waals surface area contributed by atoms with Crippen LogP contribution in [0.2, 0.25) is 0 Å². The van der Waals surface area contributed by atoms with Crippen molar-refractivity contribution < 1.29 is 18.7 Å². The highest BCUT2D eigenvalue weighted by molar-refractivity contribution is 7.99. The first-order valence-corrected chi connectivity index (χ1v) is 10.4. The molecule has 1 aliphatic rings. The number of thioether (sulfide) groups is 1. The number of nitrogens with one attached hydrogen (secondary N) is 1. The van der Waals surface area contributed by atoms with Gasteiger partial charge in [-0.25, -0.2) is 0 Å². The normalized spacial score (nSPS) is 12.6. The summed E-state index contributed by atoms with van der Waals surface area (Å²) in [6.45, 7) is 3.10. The number of aryl methyl sites for hydroxylation is 1. The fourth-order valence-electron chi connectivity index (χ4n) is 2.81. The summed E-state index contributed by atoms with van der Waals surface area (Å²) in [7, 11) is 0. The second kappa shape index (κ2) is 9.00. The van der Waals surface area contributed by atoms with Crippen molar-refractivity contribution in [3.8, 4) is 23.0 Å². The molecule has 0 bridgehead atoms. The van der Waals surface area contributed by atoms with E-state index >= 15 is 0 Å². The molecule has 0 unspecified atom stereocenters. The van der Waals surface area contributed by atoms with E-state index in [0.29, 0.717) is 42.6 Å². The third-order valence-corrected chi connectivity index (χ3v) is 5.40. The maximum Gasteiger partial charge on any atom is 0.322 e. The van der Waals surface area contributed by atoms with Crippen LogP contribution in [0.25, 0.3) is 11.5 Å². The number of anilines is 1. The van der Waals surface area contributed by atoms with Crippen LogP contribution in [0.4, 0.5) is 6.01 Å². The number of benzene rings is 2. The Balaban J connectivity index is 1.26. The third kappa shape index (κ3) is 5.08. The van der Waals surface area contributed by atoms with Gasteiger partial charge in [-0.2, -0.15) is 0 Å². The summed E-state index contributed by atoms with van der Waals surface area (Å²) in [5, 5.41) is 10.6. The van der Waals surface area contributed by atoms with Crippen LogP contribution in [-0.2, 0) is 4.79 Å². The second-order valence-electron chi connectivity index (χ2n) is 6.58. The smallest absolute Gasteiger partial charge is 0.322 e. The fourth-order valence-corrected chi connectivity index (χ4v) is 3.66. The van der Waals surface area contributed by atoms with E-state index < -0.39 is 0 Å². The quantitative estimate of drug-likeness (QED) is 0.457. The SMILES string of the molecule is Cc1ccc(SCCCC(=O)Nc2nnc(-c3ccc4c(c3)OCCO4)o2)cc1. The van der Waals surface area contributed by atoms with Gasteiger partial charge in [-0.1, -0.05) is 22.8 Å². The molecule has 0 fully saturated rings. The van der Waals surface area contributed by atoms with Gasteiger partial charge in [-0.05, 0) is 49.4 Å². The van der Waals surface area contributed by atoms with E-state index in [1.54, 1.807) is 23.9 Å². The van der Waals surface area contributed by atoms with Gasteiger partial charge in [0, 0.05) is 16.9 Å². The van der Waals surface area contributed by atoms with Gasteiger partial charge in [0.05, 0.1) is 0 Å². The average Bonchev–Trinajstić information content (AvgIpc) is 3.20. The highest BCUT2D eigenvalue weighted by atomic mass is 32.2. The number of amides is 1. The van der Waals surface area contributed by atoms with Gasteiger partial charge in [0.2, 0.25) is 11.8 Å². The zero-order valence-corrected chi connectivity index (χ0v) is 16.8. The Kier molecular flexibility index (Phi) is 6.00. The summed E-state index contributed by atoms with van der Waals surface area (Å²) in [4.78, 5) is 13.3. The number of carbonyl (C=O) groups is 1. The van der Waals surface area contributed by atoms with E-state index in [4.69, 9.17) is 13.9 Å². The molecule has 1 amide bonds. The molecule has 0 radical (unpaired) electrons. The van der Waals surface area contributed by atoms with Crippen molar-refractivity contribution in [2.45, 2.75) is 24.7 Å². The zero-order valence-electron chi connectivity index (χ0n) is 16.0. The summed E-state index contributed by atoms with van der Waals surface area (Å²) < 4.78 is 16.6. The highest BCUT2D eigenvalue weighted by Gasteiger charge is 2.16. The molecule has 150 valence electrons. The molecule has 3 aromatic rings. The van der Waals surface area contributed by atoms with Crippen LogP contribution in [-0.4, -0.2) is 35.1 Å². The molecule has 0 spiro atoms. The lowest BCUT2D eigenvalue weighted by Crippen LogP contribution is -2.15. The Morgan fingerprint density at radius 3 is 2.69 bits per heavy atom. The van der Waals surface area contributed by atoms with Gasteiger partial charge in [-0.3, -0.25) is 10.1 Å². The van der Waals surface area contributed by atoms with Gasteiger partial charge < -0.3 is 13.9 Å². The number of fused-ring (bicyclic) bond motifs is 1. The Labute approximate surface area is 172 Å². The Bertz CT molecular complexity index is 988. The number of ether oxygens (including phenoxy) is 2. The Morgan fingerprint density at radius 2 is 1.86 bits per heavy atom. The lowest BCUT2D eigenvalue weighted by atomic mass is 10.2. The maximum absolute atomic E-state index is 12.1. The highest BCUT2D eigenvalue weighted by Crippen LogP contribution is 2.34. The molecule has 1 aliphatic heterocycles. The molecule has 7 nitrogen and oxygen atoms in total. The van der Waals surface area contributed by atoms with E-state index in [2.05, 4.69) is 46.7 Å². The molecule has 2 heterocycles. The molecule has 4 rings (SSSR count). The summed E-state index contributed by atoms with van der Waals surface area (Å²) >= 11 is 1.74. The second-order valence-corrected chi connectivity index (χ2v) is 7.75. The molecule has 0 atom stereocenters. The monoisotopic (exact) mass is 411 g/mol. The van der Waals surface area contributed by atoms with Crippen molar-refractivity contribution in [1.29, 1.82) is 0 Å². The van der Waals surface area contributed by atoms with Gasteiger partial charge in [0.25, 0.3) is 0 Å². The summed E-state index contributed by atoms with van der Waals surface area (Å²) in [5.74, 6) is 2.36. The average molecular weight is 411 g/mol. The molecule has 2 aromatic carbocycles. The largest absolute Gasteiger partial charge is 0.486 e. The number of rotatable bonds is 7. The topological polar surface area (TPSA) is 86.5 Å². The van der Waals surface area contributed by atoms with Crippen LogP contribution in [0, 0.1) is 6.92 Å². The number of carbonyl (C=O) groups excluding carboxylic acids is 1. The molecule has 0 saturated carbocycles. The molecule has 29 heavy (non-hydrogen) atoms. The predicted octanol–water partition coefficient (Wildman–Crippen LogP) is 4.33. The van der Waals surface area contributed by atoms with Gasteiger partial charge in [0.1, 0.15) is 13.2 Å². The summed E-state index contributed by atoms with van der Waals surface area (Å²) in [5.41, 5.74) is 1.95. The Morgan fingerprint density at radius 1 is 1.07 bits per heavy atom. The summed E-state index contributed by atoms with van der Waals surface area (Å²) in [6.07, 6.45) is 1.15. The minimum atomic E-state index is -0.146. The van der Waals surface area contributed by atoms with Crippen LogP contribution in [0.15, 0.2) is 51.8 Å². The van der Waals surface area contributed by atoms with Crippen molar-refractivity contribution in [2.24, 2.45) is 0 Å². The minimum Gasteiger partial charge on any atom is -0.486 e. The van der Waals surface area contributed by atoms with E-state index in [1.165, 1.54) is 10.5 Å². The van der Waals surface area contributed by atoms with Crippen LogP contribution >= 0.6 is 11.8 Å². The van der Waals surface area contributed by atoms with Gasteiger partial charge in [-0.15, -0.1) is 16.9 Å². The van der Waals surface area contributed by atoms with Crippen molar-refractivity contribution >= 4 is 23.7 Å². The van der Waals surface area contributed by atoms with Crippen molar-refractivity contribution in [3.63, 3.8) is 0 Å². The molecular weight excluding hydrogens is 390 g/mol. The van der Waals surface area contributed by atoms with Crippen LogP contribution in [0.3, 0.4) is 0 Å². The first kappa shape index (κ1) is 19.3. The van der Waals surface area contributed by atoms with Crippen LogP contribution in [0.5, 0.6) is 11.5 Å². The van der Waals surface area contributed by atoms with Crippen LogP contribution in [0.1, 0.15) is 18.4 Å². The molecule has 0 saturated heterocycles. The van der Waals surface area contributed by atoms with E-state index in [0.717, 1.165) is 12.2 Å². The first-order chi connectivity index (χ1) is 14.2. The Hall–Kier alpha value is -3.00. The van der Waals surface area contributed by atoms with Crippen molar-refractivity contribution in [1.82, 2.24) is 10.2 Å².